The van der Waals surface area contributed by atoms with Crippen molar-refractivity contribution in [2.45, 2.75) is 63.3 Å². The topological polar surface area (TPSA) is 88.3 Å². The van der Waals surface area contributed by atoms with Crippen molar-refractivity contribution in [2.24, 2.45) is 0 Å². The Morgan fingerprint density at radius 2 is 1.81 bits per heavy atom. The first kappa shape index (κ1) is 19.8. The largest absolute Gasteiger partial charge is 0.376 e. The fraction of sp³-hybridized carbons (Fsp3) is 0.579. The van der Waals surface area contributed by atoms with Crippen molar-refractivity contribution in [2.75, 3.05) is 18.4 Å². The zero-order chi connectivity index (χ0) is 19.1. The second kappa shape index (κ2) is 9.32. The summed E-state index contributed by atoms with van der Waals surface area (Å²) in [6.07, 6.45) is 7.03. The maximum Gasteiger partial charge on any atom is 0.245 e. The normalized spacial score (nSPS) is 16.2. The highest BCUT2D eigenvalue weighted by Crippen LogP contribution is 2.22. The molecule has 0 bridgehead atoms. The van der Waals surface area contributed by atoms with Gasteiger partial charge in [0.05, 0.1) is 11.4 Å². The molecule has 1 N–H and O–H groups in total. The minimum absolute atomic E-state index is 0.342. The van der Waals surface area contributed by atoms with Crippen LogP contribution in [0.5, 0.6) is 0 Å². The Morgan fingerprint density at radius 1 is 1.11 bits per heavy atom. The molecular formula is C19H28N4O3S. The Kier molecular flexibility index (Phi) is 6.84. The molecule has 1 fully saturated rings. The molecule has 2 aromatic rings. The number of hydrogen-bond donors (Lipinski definition) is 1. The van der Waals surface area contributed by atoms with Gasteiger partial charge in [0.25, 0.3) is 0 Å². The predicted molar refractivity (Wildman–Crippen MR) is 104 cm³/mol. The third-order valence-electron chi connectivity index (χ3n) is 4.76. The lowest BCUT2D eigenvalue weighted by atomic mass is 10.2. The van der Waals surface area contributed by atoms with Crippen LogP contribution in [-0.2, 0) is 23.0 Å². The summed E-state index contributed by atoms with van der Waals surface area (Å²) >= 11 is 0. The number of nitrogens with one attached hydrogen (secondary N) is 1. The van der Waals surface area contributed by atoms with Gasteiger partial charge in [-0.3, -0.25) is 0 Å². The first-order valence-corrected chi connectivity index (χ1v) is 11.2. The van der Waals surface area contributed by atoms with Crippen LogP contribution in [0.25, 0.3) is 0 Å². The molecule has 0 radical (unpaired) electrons. The maximum atomic E-state index is 12.8. The highest BCUT2D eigenvalue weighted by atomic mass is 32.2. The van der Waals surface area contributed by atoms with Crippen molar-refractivity contribution in [1.82, 2.24) is 14.4 Å². The summed E-state index contributed by atoms with van der Waals surface area (Å²) in [4.78, 5) is 4.69. The summed E-state index contributed by atoms with van der Waals surface area (Å²) < 4.78 is 32.4. The van der Waals surface area contributed by atoms with Gasteiger partial charge in [-0.15, -0.1) is 0 Å². The molecule has 7 nitrogen and oxygen atoms in total. The van der Waals surface area contributed by atoms with E-state index in [-0.39, 0.29) is 0 Å². The first-order valence-electron chi connectivity index (χ1n) is 9.75. The minimum Gasteiger partial charge on any atom is -0.376 e. The first-order chi connectivity index (χ1) is 13.1. The molecule has 1 aromatic carbocycles. The van der Waals surface area contributed by atoms with Gasteiger partial charge in [-0.05, 0) is 43.5 Å². The molecule has 148 valence electrons. The summed E-state index contributed by atoms with van der Waals surface area (Å²) in [5.74, 6) is 1.26. The van der Waals surface area contributed by atoms with E-state index in [2.05, 4.69) is 22.4 Å². The number of nitrogens with zero attached hydrogens (tertiary/aromatic N) is 3. The molecule has 1 aromatic heterocycles. The van der Waals surface area contributed by atoms with Crippen molar-refractivity contribution >= 4 is 15.7 Å². The molecule has 3 rings (SSSR count). The number of aryl methyl sites for hydroxylation is 1. The van der Waals surface area contributed by atoms with Crippen molar-refractivity contribution in [3.8, 4) is 0 Å². The van der Waals surface area contributed by atoms with Crippen LogP contribution in [0.2, 0.25) is 0 Å². The van der Waals surface area contributed by atoms with Gasteiger partial charge in [0, 0.05) is 25.2 Å². The van der Waals surface area contributed by atoms with Crippen molar-refractivity contribution in [3.63, 3.8) is 0 Å². The average molecular weight is 393 g/mol. The number of rotatable bonds is 8. The number of aromatic nitrogens is 2. The van der Waals surface area contributed by atoms with E-state index in [1.165, 1.54) is 0 Å². The molecular weight excluding hydrogens is 364 g/mol. The van der Waals surface area contributed by atoms with E-state index in [1.807, 2.05) is 0 Å². The van der Waals surface area contributed by atoms with Crippen LogP contribution in [0.3, 0.4) is 0 Å². The SMILES string of the molecule is CCCCc1noc(CNc2ccc(S(=O)(=O)N3CCCCCC3)cc2)n1. The standard InChI is InChI=1S/C19H28N4O3S/c1-2-3-8-18-21-19(26-22-18)15-20-16-9-11-17(12-10-16)27(24,25)23-13-6-4-5-7-14-23/h9-12,20H,2-8,13-15H2,1H3. The molecule has 0 unspecified atom stereocenters. The van der Waals surface area contributed by atoms with Crippen LogP contribution in [-0.4, -0.2) is 36.0 Å². The smallest absolute Gasteiger partial charge is 0.245 e. The van der Waals surface area contributed by atoms with Crippen LogP contribution in [0, 0.1) is 0 Å². The van der Waals surface area contributed by atoms with Crippen LogP contribution in [0.4, 0.5) is 5.69 Å². The van der Waals surface area contributed by atoms with Gasteiger partial charge in [-0.1, -0.05) is 31.3 Å². The van der Waals surface area contributed by atoms with Crippen LogP contribution in [0.1, 0.15) is 57.2 Å². The van der Waals surface area contributed by atoms with Gasteiger partial charge in [0.15, 0.2) is 5.82 Å². The highest BCUT2D eigenvalue weighted by molar-refractivity contribution is 7.89. The van der Waals surface area contributed by atoms with Gasteiger partial charge >= 0.3 is 0 Å². The lowest BCUT2D eigenvalue weighted by molar-refractivity contribution is 0.377. The van der Waals surface area contributed by atoms with Gasteiger partial charge in [0.1, 0.15) is 0 Å². The van der Waals surface area contributed by atoms with E-state index >= 15 is 0 Å². The lowest BCUT2D eigenvalue weighted by Gasteiger charge is -2.20. The minimum atomic E-state index is -3.41. The van der Waals surface area contributed by atoms with Crippen LogP contribution < -0.4 is 5.32 Å². The maximum absolute atomic E-state index is 12.8. The van der Waals surface area contributed by atoms with E-state index < -0.39 is 10.0 Å². The number of hydrogen-bond acceptors (Lipinski definition) is 6. The lowest BCUT2D eigenvalue weighted by Crippen LogP contribution is -2.31. The van der Waals surface area contributed by atoms with Gasteiger partial charge in [0.2, 0.25) is 15.9 Å². The van der Waals surface area contributed by atoms with Crippen molar-refractivity contribution < 1.29 is 12.9 Å². The second-order valence-corrected chi connectivity index (χ2v) is 8.84. The van der Waals surface area contributed by atoms with E-state index in [0.29, 0.717) is 30.4 Å². The third kappa shape index (κ3) is 5.29. The molecule has 1 saturated heterocycles. The Balaban J connectivity index is 1.59. The molecule has 0 aliphatic carbocycles. The molecule has 1 aliphatic rings. The van der Waals surface area contributed by atoms with E-state index in [1.54, 1.807) is 28.6 Å². The molecule has 0 spiro atoms. The quantitative estimate of drug-likeness (QED) is 0.738. The number of anilines is 1. The Bertz CT molecular complexity index is 810. The van der Waals surface area contributed by atoms with Gasteiger partial charge in [-0.25, -0.2) is 8.42 Å². The summed E-state index contributed by atoms with van der Waals surface area (Å²) in [7, 11) is -3.41. The monoisotopic (exact) mass is 392 g/mol. The fourth-order valence-electron chi connectivity index (χ4n) is 3.15. The van der Waals surface area contributed by atoms with Crippen molar-refractivity contribution in [1.29, 1.82) is 0 Å². The summed E-state index contributed by atoms with van der Waals surface area (Å²) in [6.45, 7) is 3.76. The van der Waals surface area contributed by atoms with Crippen LogP contribution >= 0.6 is 0 Å². The zero-order valence-electron chi connectivity index (χ0n) is 15.9. The van der Waals surface area contributed by atoms with Gasteiger partial charge in [-0.2, -0.15) is 9.29 Å². The molecule has 0 saturated carbocycles. The molecule has 27 heavy (non-hydrogen) atoms. The zero-order valence-corrected chi connectivity index (χ0v) is 16.7. The fourth-order valence-corrected chi connectivity index (χ4v) is 4.67. The van der Waals surface area contributed by atoms with E-state index in [0.717, 1.165) is 56.5 Å². The van der Waals surface area contributed by atoms with Gasteiger partial charge < -0.3 is 9.84 Å². The summed E-state index contributed by atoms with van der Waals surface area (Å²) in [5, 5.41) is 7.15. The molecule has 1 aliphatic heterocycles. The number of sulfonamides is 1. The predicted octanol–water partition coefficient (Wildman–Crippen LogP) is 3.59. The second-order valence-electron chi connectivity index (χ2n) is 6.90. The summed E-state index contributed by atoms with van der Waals surface area (Å²) in [6, 6.07) is 6.87. The number of benzene rings is 1. The van der Waals surface area contributed by atoms with E-state index in [4.69, 9.17) is 4.52 Å². The van der Waals surface area contributed by atoms with E-state index in [9.17, 15) is 8.42 Å². The van der Waals surface area contributed by atoms with Crippen molar-refractivity contribution in [3.05, 3.63) is 36.0 Å². The van der Waals surface area contributed by atoms with Crippen LogP contribution in [0.15, 0.2) is 33.7 Å². The third-order valence-corrected chi connectivity index (χ3v) is 6.68. The Labute approximate surface area is 161 Å². The molecule has 0 amide bonds. The molecule has 0 atom stereocenters. The molecule has 8 heteroatoms. The summed E-state index contributed by atoms with van der Waals surface area (Å²) in [5.41, 5.74) is 0.818. The highest BCUT2D eigenvalue weighted by Gasteiger charge is 2.24. The Morgan fingerprint density at radius 3 is 2.48 bits per heavy atom. The average Bonchev–Trinajstić information content (AvgIpc) is 2.95. The number of unbranched alkanes of at least 4 members (excludes halogenated alkanes) is 1. The molecule has 2 heterocycles. The Hall–Kier alpha value is -1.93.